The van der Waals surface area contributed by atoms with Crippen molar-refractivity contribution in [2.75, 3.05) is 0 Å². The summed E-state index contributed by atoms with van der Waals surface area (Å²) in [5.74, 6) is -0.0426. The molecule has 27 heavy (non-hydrogen) atoms. The summed E-state index contributed by atoms with van der Waals surface area (Å²) in [6.07, 6.45) is 5.02. The predicted octanol–water partition coefficient (Wildman–Crippen LogP) is 4.94. The number of hydrogen-bond donors (Lipinski definition) is 2. The van der Waals surface area contributed by atoms with E-state index in [-0.39, 0.29) is 11.6 Å². The molecule has 2 N–H and O–H groups in total. The van der Waals surface area contributed by atoms with Crippen LogP contribution in [0.3, 0.4) is 0 Å². The van der Waals surface area contributed by atoms with Gasteiger partial charge in [-0.05, 0) is 66.8 Å². The number of aromatic amines is 1. The molecule has 0 unspecified atom stereocenters. The second-order valence-corrected chi connectivity index (χ2v) is 6.42. The van der Waals surface area contributed by atoms with Crippen LogP contribution in [-0.2, 0) is 0 Å². The van der Waals surface area contributed by atoms with E-state index in [0.717, 1.165) is 34.2 Å². The van der Waals surface area contributed by atoms with Gasteiger partial charge in [-0.1, -0.05) is 42.8 Å². The third-order valence-electron chi connectivity index (χ3n) is 4.56. The summed E-state index contributed by atoms with van der Waals surface area (Å²) >= 11 is 0. The van der Waals surface area contributed by atoms with Gasteiger partial charge in [-0.25, -0.2) is 9.89 Å². The monoisotopic (exact) mass is 362 g/mol. The van der Waals surface area contributed by atoms with Crippen molar-refractivity contribution in [3.05, 3.63) is 81.4 Å². The highest BCUT2D eigenvalue weighted by Crippen LogP contribution is 2.27. The molecule has 0 aliphatic heterocycles. The Balaban J connectivity index is 1.95. The summed E-state index contributed by atoms with van der Waals surface area (Å²) in [7, 11) is 0. The van der Waals surface area contributed by atoms with Gasteiger partial charge in [0.15, 0.2) is 0 Å². The number of hydrogen-bond acceptors (Lipinski definition) is 4. The van der Waals surface area contributed by atoms with E-state index in [4.69, 9.17) is 4.42 Å². The van der Waals surface area contributed by atoms with Crippen molar-refractivity contribution in [2.24, 2.45) is 0 Å². The van der Waals surface area contributed by atoms with Gasteiger partial charge in [0.1, 0.15) is 5.75 Å². The molecule has 0 spiro atoms. The van der Waals surface area contributed by atoms with Crippen molar-refractivity contribution in [1.82, 2.24) is 10.2 Å². The zero-order valence-corrected chi connectivity index (χ0v) is 15.6. The van der Waals surface area contributed by atoms with Crippen molar-refractivity contribution in [3.63, 3.8) is 0 Å². The van der Waals surface area contributed by atoms with Gasteiger partial charge in [0.25, 0.3) is 0 Å². The van der Waals surface area contributed by atoms with Crippen LogP contribution in [0.1, 0.15) is 37.0 Å². The van der Waals surface area contributed by atoms with Crippen LogP contribution in [0, 0.1) is 6.92 Å². The molecule has 0 aliphatic carbocycles. The van der Waals surface area contributed by atoms with Gasteiger partial charge >= 0.3 is 5.76 Å². The second-order valence-electron chi connectivity index (χ2n) is 6.42. The summed E-state index contributed by atoms with van der Waals surface area (Å²) in [6, 6.07) is 13.1. The molecular formula is C22H22N2O3. The van der Waals surface area contributed by atoms with E-state index >= 15 is 0 Å². The molecular weight excluding hydrogens is 340 g/mol. The maximum absolute atomic E-state index is 11.1. The third kappa shape index (κ3) is 4.26. The molecule has 5 heteroatoms. The standard InChI is InChI=1S/C22H22N2O3/c1-4-14(2)20(12-10-18-13-19(25)11-5-15(18)3)16-6-8-17(9-7-16)21-23-24-22(26)27-21/h5-13,25H,4H2,1-3H3,(H,24,26). The molecule has 0 aliphatic rings. The molecule has 138 valence electrons. The number of phenols is 1. The number of benzene rings is 2. The fourth-order valence-electron chi connectivity index (χ4n) is 2.80. The summed E-state index contributed by atoms with van der Waals surface area (Å²) < 4.78 is 5.00. The smallest absolute Gasteiger partial charge is 0.434 e. The number of nitrogens with one attached hydrogen (secondary N) is 1. The van der Waals surface area contributed by atoms with Crippen LogP contribution < -0.4 is 5.76 Å². The molecule has 0 amide bonds. The Morgan fingerprint density at radius 2 is 1.96 bits per heavy atom. The molecule has 0 bridgehead atoms. The number of H-pyrrole nitrogens is 1. The number of aromatic hydroxyl groups is 1. The van der Waals surface area contributed by atoms with Crippen molar-refractivity contribution >= 4 is 11.6 Å². The van der Waals surface area contributed by atoms with Crippen LogP contribution in [0.25, 0.3) is 23.1 Å². The molecule has 0 fully saturated rings. The first-order valence-electron chi connectivity index (χ1n) is 8.81. The number of rotatable bonds is 5. The van der Waals surface area contributed by atoms with E-state index in [0.29, 0.717) is 0 Å². The van der Waals surface area contributed by atoms with E-state index in [1.807, 2.05) is 43.3 Å². The Bertz CT molecular complexity index is 1050. The zero-order valence-electron chi connectivity index (χ0n) is 15.6. The SMILES string of the molecule is CCC(C)=C(C=Cc1cc(O)ccc1C)c1ccc(-c2n[nH]c(=O)o2)cc1. The summed E-state index contributed by atoms with van der Waals surface area (Å²) in [4.78, 5) is 11.1. The molecule has 5 nitrogen and oxygen atoms in total. The lowest BCUT2D eigenvalue weighted by Crippen LogP contribution is -1.93. The summed E-state index contributed by atoms with van der Waals surface area (Å²) in [5.41, 5.74) is 6.25. The molecule has 0 saturated heterocycles. The van der Waals surface area contributed by atoms with E-state index < -0.39 is 5.76 Å². The van der Waals surface area contributed by atoms with Gasteiger partial charge in [0, 0.05) is 5.56 Å². The van der Waals surface area contributed by atoms with Crippen LogP contribution in [0.5, 0.6) is 5.75 Å². The first-order chi connectivity index (χ1) is 13.0. The van der Waals surface area contributed by atoms with E-state index in [2.05, 4.69) is 30.1 Å². The van der Waals surface area contributed by atoms with Gasteiger partial charge in [-0.15, -0.1) is 5.10 Å². The average Bonchev–Trinajstić information content (AvgIpc) is 3.11. The van der Waals surface area contributed by atoms with E-state index in [9.17, 15) is 9.90 Å². The topological polar surface area (TPSA) is 79.1 Å². The average molecular weight is 362 g/mol. The Hall–Kier alpha value is -3.34. The lowest BCUT2D eigenvalue weighted by atomic mass is 9.96. The van der Waals surface area contributed by atoms with Crippen LogP contribution in [-0.4, -0.2) is 15.3 Å². The molecule has 0 atom stereocenters. The first-order valence-corrected chi connectivity index (χ1v) is 8.81. The van der Waals surface area contributed by atoms with Gasteiger partial charge in [-0.3, -0.25) is 0 Å². The van der Waals surface area contributed by atoms with Crippen LogP contribution in [0.4, 0.5) is 0 Å². The minimum atomic E-state index is -0.569. The lowest BCUT2D eigenvalue weighted by molar-refractivity contribution is 0.475. The number of aromatic nitrogens is 2. The van der Waals surface area contributed by atoms with Crippen molar-refractivity contribution < 1.29 is 9.52 Å². The maximum Gasteiger partial charge on any atom is 0.434 e. The number of allylic oxidation sites excluding steroid dienone is 3. The van der Waals surface area contributed by atoms with Crippen molar-refractivity contribution in [2.45, 2.75) is 27.2 Å². The number of phenolic OH excluding ortho intramolecular Hbond substituents is 1. The summed E-state index contributed by atoms with van der Waals surface area (Å²) in [6.45, 7) is 6.24. The second kappa shape index (κ2) is 7.91. The maximum atomic E-state index is 11.1. The molecule has 2 aromatic carbocycles. The molecule has 0 radical (unpaired) electrons. The van der Waals surface area contributed by atoms with E-state index in [1.165, 1.54) is 5.57 Å². The number of aryl methyl sites for hydroxylation is 1. The minimum Gasteiger partial charge on any atom is -0.508 e. The summed E-state index contributed by atoms with van der Waals surface area (Å²) in [5, 5.41) is 15.8. The Morgan fingerprint density at radius 1 is 1.22 bits per heavy atom. The Labute approximate surface area is 157 Å². The fourth-order valence-corrected chi connectivity index (χ4v) is 2.80. The third-order valence-corrected chi connectivity index (χ3v) is 4.56. The highest BCUT2D eigenvalue weighted by atomic mass is 16.4. The molecule has 3 rings (SSSR count). The van der Waals surface area contributed by atoms with Gasteiger partial charge in [0.05, 0.1) is 0 Å². The van der Waals surface area contributed by atoms with Gasteiger partial charge in [-0.2, -0.15) is 0 Å². The van der Waals surface area contributed by atoms with Crippen LogP contribution >= 0.6 is 0 Å². The van der Waals surface area contributed by atoms with Crippen molar-refractivity contribution in [3.8, 4) is 17.2 Å². The largest absolute Gasteiger partial charge is 0.508 e. The highest BCUT2D eigenvalue weighted by molar-refractivity contribution is 5.82. The molecule has 1 aromatic heterocycles. The van der Waals surface area contributed by atoms with Crippen LogP contribution in [0.15, 0.2) is 63.3 Å². The predicted molar refractivity (Wildman–Crippen MR) is 107 cm³/mol. The molecule has 0 saturated carbocycles. The van der Waals surface area contributed by atoms with E-state index in [1.54, 1.807) is 12.1 Å². The first kappa shape index (κ1) is 18.5. The molecule has 1 heterocycles. The zero-order chi connectivity index (χ0) is 19.4. The quantitative estimate of drug-likeness (QED) is 0.630. The van der Waals surface area contributed by atoms with Crippen LogP contribution in [0.2, 0.25) is 0 Å². The Kier molecular flexibility index (Phi) is 5.41. The highest BCUT2D eigenvalue weighted by Gasteiger charge is 2.07. The number of nitrogens with zero attached hydrogens (tertiary/aromatic N) is 1. The molecule has 3 aromatic rings. The lowest BCUT2D eigenvalue weighted by Gasteiger charge is -2.09. The Morgan fingerprint density at radius 3 is 2.59 bits per heavy atom. The minimum absolute atomic E-state index is 0.253. The normalized spacial score (nSPS) is 12.4. The van der Waals surface area contributed by atoms with Crippen molar-refractivity contribution in [1.29, 1.82) is 0 Å². The van der Waals surface area contributed by atoms with Gasteiger partial charge < -0.3 is 9.52 Å². The fraction of sp³-hybridized carbons (Fsp3) is 0.182. The van der Waals surface area contributed by atoms with Gasteiger partial charge in [0.2, 0.25) is 5.89 Å².